The molecular weight excluding hydrogens is 241 g/mol. The summed E-state index contributed by atoms with van der Waals surface area (Å²) in [6.07, 6.45) is 3.65. The number of hydrogen-bond donors (Lipinski definition) is 1. The summed E-state index contributed by atoms with van der Waals surface area (Å²) in [5.41, 5.74) is 8.50. The molecule has 0 saturated heterocycles. The van der Waals surface area contributed by atoms with E-state index in [-0.39, 0.29) is 18.2 Å². The van der Waals surface area contributed by atoms with Crippen molar-refractivity contribution in [2.45, 2.75) is 20.0 Å². The van der Waals surface area contributed by atoms with E-state index < -0.39 is 0 Å². The minimum atomic E-state index is -0.204. The first kappa shape index (κ1) is 13.7. The molecule has 0 atom stereocenters. The predicted molar refractivity (Wildman–Crippen MR) is 67.6 cm³/mol. The SMILES string of the molecule is Cc1cc(F)ccc1Cn1cc(CN)cn1.Cl. The Balaban J connectivity index is 0.00000144. The fourth-order valence-electron chi connectivity index (χ4n) is 1.61. The molecule has 0 bridgehead atoms. The first-order valence-electron chi connectivity index (χ1n) is 5.15. The normalized spacial score (nSPS) is 10.1. The number of halogens is 2. The van der Waals surface area contributed by atoms with Gasteiger partial charge in [-0.1, -0.05) is 6.07 Å². The van der Waals surface area contributed by atoms with Crippen molar-refractivity contribution in [2.24, 2.45) is 5.73 Å². The molecule has 2 aromatic rings. The predicted octanol–water partition coefficient (Wildman–Crippen LogP) is 2.26. The minimum Gasteiger partial charge on any atom is -0.326 e. The molecule has 0 aliphatic carbocycles. The van der Waals surface area contributed by atoms with E-state index in [0.29, 0.717) is 13.1 Å². The minimum absolute atomic E-state index is 0. The summed E-state index contributed by atoms with van der Waals surface area (Å²) in [6.45, 7) is 3.03. The van der Waals surface area contributed by atoms with Crippen LogP contribution in [0.4, 0.5) is 4.39 Å². The summed E-state index contributed by atoms with van der Waals surface area (Å²) < 4.78 is 14.7. The lowest BCUT2D eigenvalue weighted by atomic mass is 10.1. The van der Waals surface area contributed by atoms with E-state index in [9.17, 15) is 4.39 Å². The molecule has 0 fully saturated rings. The fraction of sp³-hybridized carbons (Fsp3) is 0.250. The van der Waals surface area contributed by atoms with Crippen LogP contribution in [0.15, 0.2) is 30.6 Å². The summed E-state index contributed by atoms with van der Waals surface area (Å²) in [4.78, 5) is 0. The molecule has 2 rings (SSSR count). The van der Waals surface area contributed by atoms with Gasteiger partial charge >= 0.3 is 0 Å². The molecule has 3 nitrogen and oxygen atoms in total. The van der Waals surface area contributed by atoms with Crippen LogP contribution in [0.25, 0.3) is 0 Å². The van der Waals surface area contributed by atoms with Gasteiger partial charge in [0.2, 0.25) is 0 Å². The molecule has 0 saturated carbocycles. The highest BCUT2D eigenvalue weighted by Crippen LogP contribution is 2.11. The number of benzene rings is 1. The standard InChI is InChI=1S/C12H14FN3.ClH/c1-9-4-12(13)3-2-11(9)8-16-7-10(5-14)6-15-16;/h2-4,6-7H,5,8,14H2,1H3;1H. The second kappa shape index (κ2) is 5.80. The van der Waals surface area contributed by atoms with Gasteiger partial charge in [0.1, 0.15) is 5.82 Å². The average molecular weight is 256 g/mol. The Morgan fingerprint density at radius 3 is 2.76 bits per heavy atom. The lowest BCUT2D eigenvalue weighted by Gasteiger charge is -2.05. The summed E-state index contributed by atoms with van der Waals surface area (Å²) in [5.74, 6) is -0.204. The number of hydrogen-bond acceptors (Lipinski definition) is 2. The van der Waals surface area contributed by atoms with E-state index in [1.54, 1.807) is 12.3 Å². The zero-order valence-corrected chi connectivity index (χ0v) is 10.4. The molecule has 0 aliphatic heterocycles. The van der Waals surface area contributed by atoms with Crippen LogP contribution >= 0.6 is 12.4 Å². The van der Waals surface area contributed by atoms with Crippen LogP contribution in [0.1, 0.15) is 16.7 Å². The quantitative estimate of drug-likeness (QED) is 0.914. The third-order valence-electron chi connectivity index (χ3n) is 2.56. The van der Waals surface area contributed by atoms with Gasteiger partial charge in [-0.2, -0.15) is 5.10 Å². The number of nitrogens with two attached hydrogens (primary N) is 1. The Morgan fingerprint density at radius 2 is 2.18 bits per heavy atom. The zero-order valence-electron chi connectivity index (χ0n) is 9.56. The van der Waals surface area contributed by atoms with Gasteiger partial charge in [0, 0.05) is 18.3 Å². The molecule has 1 aromatic carbocycles. The maximum Gasteiger partial charge on any atom is 0.123 e. The number of aromatic nitrogens is 2. The topological polar surface area (TPSA) is 43.8 Å². The Hall–Kier alpha value is -1.39. The second-order valence-electron chi connectivity index (χ2n) is 3.82. The molecule has 5 heteroatoms. The van der Waals surface area contributed by atoms with Crippen molar-refractivity contribution in [1.29, 1.82) is 0 Å². The first-order valence-corrected chi connectivity index (χ1v) is 5.15. The Labute approximate surface area is 106 Å². The molecule has 0 unspecified atom stereocenters. The van der Waals surface area contributed by atoms with E-state index in [1.165, 1.54) is 12.1 Å². The summed E-state index contributed by atoms with van der Waals surface area (Å²) in [7, 11) is 0. The molecular formula is C12H15ClFN3. The van der Waals surface area contributed by atoms with Crippen LogP contribution < -0.4 is 5.73 Å². The highest BCUT2D eigenvalue weighted by Gasteiger charge is 2.02. The number of aryl methyl sites for hydroxylation is 1. The molecule has 0 aliphatic rings. The van der Waals surface area contributed by atoms with Gasteiger partial charge in [-0.15, -0.1) is 12.4 Å². The molecule has 0 radical (unpaired) electrons. The van der Waals surface area contributed by atoms with Crippen molar-refractivity contribution in [2.75, 3.05) is 0 Å². The molecule has 92 valence electrons. The second-order valence-corrected chi connectivity index (χ2v) is 3.82. The van der Waals surface area contributed by atoms with E-state index in [2.05, 4.69) is 5.10 Å². The summed E-state index contributed by atoms with van der Waals surface area (Å²) in [5, 5.41) is 4.19. The maximum atomic E-state index is 12.9. The third kappa shape index (κ3) is 3.28. The van der Waals surface area contributed by atoms with Gasteiger partial charge in [0.15, 0.2) is 0 Å². The molecule has 17 heavy (non-hydrogen) atoms. The molecule has 0 spiro atoms. The number of rotatable bonds is 3. The van der Waals surface area contributed by atoms with Crippen molar-refractivity contribution in [1.82, 2.24) is 9.78 Å². The average Bonchev–Trinajstić information content (AvgIpc) is 2.70. The van der Waals surface area contributed by atoms with Crippen molar-refractivity contribution in [3.8, 4) is 0 Å². The van der Waals surface area contributed by atoms with E-state index in [0.717, 1.165) is 16.7 Å². The van der Waals surface area contributed by atoms with Gasteiger partial charge < -0.3 is 5.73 Å². The van der Waals surface area contributed by atoms with Gasteiger partial charge in [0.25, 0.3) is 0 Å². The third-order valence-corrected chi connectivity index (χ3v) is 2.56. The van der Waals surface area contributed by atoms with Crippen LogP contribution in [0.3, 0.4) is 0 Å². The lowest BCUT2D eigenvalue weighted by Crippen LogP contribution is -2.02. The monoisotopic (exact) mass is 255 g/mol. The van der Waals surface area contributed by atoms with Gasteiger partial charge in [-0.25, -0.2) is 4.39 Å². The van der Waals surface area contributed by atoms with Gasteiger partial charge in [0.05, 0.1) is 12.7 Å². The van der Waals surface area contributed by atoms with Crippen molar-refractivity contribution in [3.63, 3.8) is 0 Å². The smallest absolute Gasteiger partial charge is 0.123 e. The van der Waals surface area contributed by atoms with Gasteiger partial charge in [-0.3, -0.25) is 4.68 Å². The highest BCUT2D eigenvalue weighted by molar-refractivity contribution is 5.85. The fourth-order valence-corrected chi connectivity index (χ4v) is 1.61. The maximum absolute atomic E-state index is 12.9. The van der Waals surface area contributed by atoms with Crippen LogP contribution in [0.2, 0.25) is 0 Å². The summed E-state index contributed by atoms with van der Waals surface area (Å²) in [6, 6.07) is 4.78. The van der Waals surface area contributed by atoms with Crippen LogP contribution in [0.5, 0.6) is 0 Å². The van der Waals surface area contributed by atoms with Crippen molar-refractivity contribution < 1.29 is 4.39 Å². The van der Waals surface area contributed by atoms with Crippen LogP contribution in [0, 0.1) is 12.7 Å². The molecule has 1 heterocycles. The summed E-state index contributed by atoms with van der Waals surface area (Å²) >= 11 is 0. The number of nitrogens with zero attached hydrogens (tertiary/aromatic N) is 2. The largest absolute Gasteiger partial charge is 0.326 e. The molecule has 0 amide bonds. The Bertz CT molecular complexity index is 496. The van der Waals surface area contributed by atoms with Crippen LogP contribution in [-0.2, 0) is 13.1 Å². The first-order chi connectivity index (χ1) is 7.69. The lowest BCUT2D eigenvalue weighted by molar-refractivity contribution is 0.622. The highest BCUT2D eigenvalue weighted by atomic mass is 35.5. The van der Waals surface area contributed by atoms with Gasteiger partial charge in [-0.05, 0) is 30.2 Å². The Kier molecular flexibility index (Phi) is 4.66. The van der Waals surface area contributed by atoms with E-state index >= 15 is 0 Å². The van der Waals surface area contributed by atoms with Crippen molar-refractivity contribution in [3.05, 3.63) is 53.1 Å². The van der Waals surface area contributed by atoms with E-state index in [1.807, 2.05) is 17.8 Å². The Morgan fingerprint density at radius 1 is 1.41 bits per heavy atom. The molecule has 2 N–H and O–H groups in total. The molecule has 1 aromatic heterocycles. The van der Waals surface area contributed by atoms with Crippen LogP contribution in [-0.4, -0.2) is 9.78 Å². The zero-order chi connectivity index (χ0) is 11.5. The van der Waals surface area contributed by atoms with Crippen molar-refractivity contribution >= 4 is 12.4 Å². The van der Waals surface area contributed by atoms with E-state index in [4.69, 9.17) is 5.73 Å².